The monoisotopic (exact) mass is 427 g/mol. The summed E-state index contributed by atoms with van der Waals surface area (Å²) in [4.78, 5) is 27.8. The van der Waals surface area contributed by atoms with E-state index in [1.165, 1.54) is 5.56 Å². The van der Waals surface area contributed by atoms with E-state index in [9.17, 15) is 9.59 Å². The normalized spacial score (nSPS) is 16.1. The third kappa shape index (κ3) is 6.07. The van der Waals surface area contributed by atoms with Gasteiger partial charge in [-0.1, -0.05) is 42.8 Å². The molecule has 1 atom stereocenters. The fraction of sp³-hybridized carbons (Fsp3) is 0.417. The van der Waals surface area contributed by atoms with Crippen molar-refractivity contribution in [3.8, 4) is 0 Å². The Kier molecular flexibility index (Phi) is 7.88. The first-order valence-electron chi connectivity index (χ1n) is 10.6. The number of halogens is 1. The fourth-order valence-corrected chi connectivity index (χ4v) is 3.89. The molecule has 30 heavy (non-hydrogen) atoms. The predicted molar refractivity (Wildman–Crippen MR) is 122 cm³/mol. The molecule has 5 nitrogen and oxygen atoms in total. The molecule has 0 aromatic heterocycles. The van der Waals surface area contributed by atoms with E-state index in [0.717, 1.165) is 43.9 Å². The van der Waals surface area contributed by atoms with Crippen LogP contribution in [0.15, 0.2) is 48.5 Å². The van der Waals surface area contributed by atoms with E-state index in [2.05, 4.69) is 21.6 Å². The number of hydrogen-bond acceptors (Lipinski definition) is 3. The molecule has 1 fully saturated rings. The number of para-hydroxylation sites is 1. The molecule has 0 aliphatic carbocycles. The van der Waals surface area contributed by atoms with Gasteiger partial charge in [-0.2, -0.15) is 0 Å². The van der Waals surface area contributed by atoms with E-state index < -0.39 is 0 Å². The van der Waals surface area contributed by atoms with Crippen LogP contribution in [0.4, 0.5) is 5.69 Å². The molecule has 1 aliphatic rings. The lowest BCUT2D eigenvalue weighted by Crippen LogP contribution is -2.38. The van der Waals surface area contributed by atoms with Gasteiger partial charge in [-0.15, -0.1) is 0 Å². The van der Waals surface area contributed by atoms with Gasteiger partial charge in [0.05, 0.1) is 11.3 Å². The standard InChI is InChI=1S/C24H30ClN3O2/c1-3-17(2)26-24(30)21-9-4-5-10-22(21)27-23(29)19-11-13-28(14-12-19)16-18-7-6-8-20(25)15-18/h4-10,15,17,19H,3,11-14,16H2,1-2H3,(H,26,30)(H,27,29)/t17-/m0/s1. The van der Waals surface area contributed by atoms with Gasteiger partial charge in [0.1, 0.15) is 0 Å². The summed E-state index contributed by atoms with van der Waals surface area (Å²) < 4.78 is 0. The summed E-state index contributed by atoms with van der Waals surface area (Å²) >= 11 is 6.08. The summed E-state index contributed by atoms with van der Waals surface area (Å²) in [6.45, 7) is 6.56. The molecule has 1 saturated heterocycles. The largest absolute Gasteiger partial charge is 0.350 e. The van der Waals surface area contributed by atoms with Gasteiger partial charge >= 0.3 is 0 Å². The van der Waals surface area contributed by atoms with Crippen LogP contribution in [0.25, 0.3) is 0 Å². The van der Waals surface area contributed by atoms with Crippen LogP contribution in [0.2, 0.25) is 5.02 Å². The number of benzene rings is 2. The maximum absolute atomic E-state index is 12.9. The van der Waals surface area contributed by atoms with Crippen LogP contribution in [-0.4, -0.2) is 35.8 Å². The van der Waals surface area contributed by atoms with Gasteiger partial charge in [-0.05, 0) is 69.1 Å². The average Bonchev–Trinajstić information content (AvgIpc) is 2.74. The molecule has 3 rings (SSSR count). The number of rotatable bonds is 7. The molecule has 160 valence electrons. The van der Waals surface area contributed by atoms with Crippen LogP contribution < -0.4 is 10.6 Å². The number of hydrogen-bond donors (Lipinski definition) is 2. The van der Waals surface area contributed by atoms with E-state index in [-0.39, 0.29) is 23.8 Å². The molecule has 6 heteroatoms. The number of amides is 2. The van der Waals surface area contributed by atoms with Crippen molar-refractivity contribution in [1.82, 2.24) is 10.2 Å². The quantitative estimate of drug-likeness (QED) is 0.672. The van der Waals surface area contributed by atoms with Crippen LogP contribution in [-0.2, 0) is 11.3 Å². The Balaban J connectivity index is 1.55. The van der Waals surface area contributed by atoms with Crippen molar-refractivity contribution < 1.29 is 9.59 Å². The first kappa shape index (κ1) is 22.3. The number of nitrogens with zero attached hydrogens (tertiary/aromatic N) is 1. The Bertz CT molecular complexity index is 878. The molecule has 0 saturated carbocycles. The van der Waals surface area contributed by atoms with Crippen LogP contribution in [0.1, 0.15) is 49.0 Å². The second-order valence-electron chi connectivity index (χ2n) is 8.00. The van der Waals surface area contributed by atoms with E-state index in [4.69, 9.17) is 11.6 Å². The van der Waals surface area contributed by atoms with Gasteiger partial charge < -0.3 is 10.6 Å². The summed E-state index contributed by atoms with van der Waals surface area (Å²) in [7, 11) is 0. The SMILES string of the molecule is CC[C@H](C)NC(=O)c1ccccc1NC(=O)C1CCN(Cc2cccc(Cl)c2)CC1. The molecule has 0 radical (unpaired) electrons. The molecular formula is C24H30ClN3O2. The van der Waals surface area contributed by atoms with E-state index >= 15 is 0 Å². The minimum absolute atomic E-state index is 0.0128. The summed E-state index contributed by atoms with van der Waals surface area (Å²) in [5.74, 6) is -0.218. The zero-order valence-electron chi connectivity index (χ0n) is 17.7. The van der Waals surface area contributed by atoms with E-state index in [1.807, 2.05) is 44.2 Å². The Morgan fingerprint density at radius 3 is 2.57 bits per heavy atom. The van der Waals surface area contributed by atoms with Crippen molar-refractivity contribution in [2.24, 2.45) is 5.92 Å². The minimum atomic E-state index is -0.156. The van der Waals surface area contributed by atoms with Gasteiger partial charge in [-0.25, -0.2) is 0 Å². The Morgan fingerprint density at radius 2 is 1.87 bits per heavy atom. The summed E-state index contributed by atoms with van der Waals surface area (Å²) in [5.41, 5.74) is 2.26. The van der Waals surface area contributed by atoms with Crippen molar-refractivity contribution in [1.29, 1.82) is 0 Å². The highest BCUT2D eigenvalue weighted by Crippen LogP contribution is 2.23. The van der Waals surface area contributed by atoms with Gasteiger partial charge in [0, 0.05) is 23.5 Å². The average molecular weight is 428 g/mol. The summed E-state index contributed by atoms with van der Waals surface area (Å²) in [6.07, 6.45) is 2.45. The molecule has 2 N–H and O–H groups in total. The number of carbonyl (C=O) groups is 2. The molecule has 2 aromatic rings. The van der Waals surface area contributed by atoms with Crippen molar-refractivity contribution in [2.45, 2.75) is 45.7 Å². The first-order valence-corrected chi connectivity index (χ1v) is 11.0. The highest BCUT2D eigenvalue weighted by atomic mass is 35.5. The number of carbonyl (C=O) groups excluding carboxylic acids is 2. The van der Waals surface area contributed by atoms with Gasteiger partial charge in [0.25, 0.3) is 5.91 Å². The van der Waals surface area contributed by atoms with Crippen LogP contribution in [0, 0.1) is 5.92 Å². The van der Waals surface area contributed by atoms with Crippen LogP contribution >= 0.6 is 11.6 Å². The van der Waals surface area contributed by atoms with Crippen molar-refractivity contribution in [3.63, 3.8) is 0 Å². The maximum atomic E-state index is 12.9. The number of piperidine rings is 1. The lowest BCUT2D eigenvalue weighted by atomic mass is 9.95. The van der Waals surface area contributed by atoms with Crippen molar-refractivity contribution >= 4 is 29.1 Å². The summed E-state index contributed by atoms with van der Waals surface area (Å²) in [5, 5.41) is 6.70. The topological polar surface area (TPSA) is 61.4 Å². The molecule has 1 heterocycles. The third-order valence-corrected chi connectivity index (χ3v) is 5.91. The Labute approximate surface area is 183 Å². The molecule has 0 spiro atoms. The second-order valence-corrected chi connectivity index (χ2v) is 8.43. The molecule has 2 aromatic carbocycles. The first-order chi connectivity index (χ1) is 14.5. The smallest absolute Gasteiger partial charge is 0.253 e. The molecule has 1 aliphatic heterocycles. The molecule has 0 bridgehead atoms. The Morgan fingerprint density at radius 1 is 1.13 bits per heavy atom. The van der Waals surface area contributed by atoms with Gasteiger partial charge in [0.2, 0.25) is 5.91 Å². The number of anilines is 1. The third-order valence-electron chi connectivity index (χ3n) is 5.67. The second kappa shape index (κ2) is 10.6. The lowest BCUT2D eigenvalue weighted by molar-refractivity contribution is -0.121. The van der Waals surface area contributed by atoms with E-state index in [1.54, 1.807) is 12.1 Å². The zero-order chi connectivity index (χ0) is 21.5. The van der Waals surface area contributed by atoms with Crippen LogP contribution in [0.5, 0.6) is 0 Å². The van der Waals surface area contributed by atoms with Gasteiger partial charge in [-0.3, -0.25) is 14.5 Å². The van der Waals surface area contributed by atoms with Crippen molar-refractivity contribution in [3.05, 3.63) is 64.7 Å². The zero-order valence-corrected chi connectivity index (χ0v) is 18.4. The highest BCUT2D eigenvalue weighted by molar-refractivity contribution is 6.30. The van der Waals surface area contributed by atoms with Crippen molar-refractivity contribution in [2.75, 3.05) is 18.4 Å². The summed E-state index contributed by atoms with van der Waals surface area (Å²) in [6, 6.07) is 15.2. The minimum Gasteiger partial charge on any atom is -0.350 e. The molecule has 2 amide bonds. The maximum Gasteiger partial charge on any atom is 0.253 e. The fourth-order valence-electron chi connectivity index (χ4n) is 3.68. The number of nitrogens with one attached hydrogen (secondary N) is 2. The van der Waals surface area contributed by atoms with Gasteiger partial charge in [0.15, 0.2) is 0 Å². The molecule has 0 unspecified atom stereocenters. The number of likely N-dealkylation sites (tertiary alicyclic amines) is 1. The highest BCUT2D eigenvalue weighted by Gasteiger charge is 2.26. The van der Waals surface area contributed by atoms with Crippen LogP contribution in [0.3, 0.4) is 0 Å². The predicted octanol–water partition coefficient (Wildman–Crippen LogP) is 4.72. The van der Waals surface area contributed by atoms with E-state index in [0.29, 0.717) is 11.3 Å². The molecular weight excluding hydrogens is 398 g/mol. The lowest BCUT2D eigenvalue weighted by Gasteiger charge is -2.31. The Hall–Kier alpha value is -2.37.